The van der Waals surface area contributed by atoms with E-state index in [2.05, 4.69) is 31.2 Å². The summed E-state index contributed by atoms with van der Waals surface area (Å²) in [4.78, 5) is 10.2. The Kier molecular flexibility index (Phi) is 12.8. The Morgan fingerprint density at radius 3 is 2.00 bits per heavy atom. The van der Waals surface area contributed by atoms with Crippen LogP contribution < -0.4 is 0 Å². The van der Waals surface area contributed by atoms with E-state index in [0.717, 1.165) is 12.8 Å². The normalized spacial score (nSPS) is 12.1. The van der Waals surface area contributed by atoms with Crippen molar-refractivity contribution in [2.24, 2.45) is 0 Å². The lowest BCUT2D eigenvalue weighted by atomic mass is 10.2. The predicted octanol–water partition coefficient (Wildman–Crippen LogP) is 4.88. The molecule has 0 saturated heterocycles. The van der Waals surface area contributed by atoms with Crippen molar-refractivity contribution in [1.82, 2.24) is 0 Å². The summed E-state index contributed by atoms with van der Waals surface area (Å²) in [6.07, 6.45) is 20.5. The number of allylic oxidation sites excluding steroid dienone is 6. The van der Waals surface area contributed by atoms with Gasteiger partial charge in [0.1, 0.15) is 0 Å². The Balaban J connectivity index is 3.34. The standard InChI is InChI=1S/C16H26O2/c1-2-3-4-5-6-7-8-9-10-11-12-13-14-15-16(17)18/h6-7,9-10,12-13H,2-5,8,11,14-15H2,1H3,(H,17,18)/b7-6-,10-9-,13-12-. The topological polar surface area (TPSA) is 37.3 Å². The Labute approximate surface area is 111 Å². The summed E-state index contributed by atoms with van der Waals surface area (Å²) in [5.41, 5.74) is 0. The first-order chi connectivity index (χ1) is 8.77. The molecule has 0 saturated carbocycles. The summed E-state index contributed by atoms with van der Waals surface area (Å²) in [6, 6.07) is 0. The van der Waals surface area contributed by atoms with Crippen LogP contribution in [0.2, 0.25) is 0 Å². The van der Waals surface area contributed by atoms with Gasteiger partial charge in [0, 0.05) is 6.42 Å². The second kappa shape index (κ2) is 13.8. The first-order valence-electron chi connectivity index (χ1n) is 6.94. The van der Waals surface area contributed by atoms with Gasteiger partial charge in [-0.2, -0.15) is 0 Å². The molecular formula is C16H26O2. The highest BCUT2D eigenvalue weighted by molar-refractivity contribution is 5.66. The average Bonchev–Trinajstić information content (AvgIpc) is 2.34. The number of carboxylic acids is 1. The fourth-order valence-corrected chi connectivity index (χ4v) is 1.50. The fraction of sp³-hybridized carbons (Fsp3) is 0.562. The molecule has 0 unspecified atom stereocenters. The van der Waals surface area contributed by atoms with Crippen LogP contribution in [0.15, 0.2) is 36.5 Å². The van der Waals surface area contributed by atoms with Crippen LogP contribution in [-0.4, -0.2) is 11.1 Å². The monoisotopic (exact) mass is 250 g/mol. The van der Waals surface area contributed by atoms with Crippen LogP contribution in [0.3, 0.4) is 0 Å². The summed E-state index contributed by atoms with van der Waals surface area (Å²) >= 11 is 0. The minimum Gasteiger partial charge on any atom is -0.481 e. The molecular weight excluding hydrogens is 224 g/mol. The lowest BCUT2D eigenvalue weighted by Crippen LogP contribution is -1.91. The fourth-order valence-electron chi connectivity index (χ4n) is 1.50. The predicted molar refractivity (Wildman–Crippen MR) is 77.7 cm³/mol. The van der Waals surface area contributed by atoms with Crippen molar-refractivity contribution in [3.8, 4) is 0 Å². The van der Waals surface area contributed by atoms with Crippen molar-refractivity contribution in [2.75, 3.05) is 0 Å². The first-order valence-corrected chi connectivity index (χ1v) is 6.94. The molecule has 102 valence electrons. The molecule has 18 heavy (non-hydrogen) atoms. The second-order valence-corrected chi connectivity index (χ2v) is 4.31. The van der Waals surface area contributed by atoms with Gasteiger partial charge >= 0.3 is 5.97 Å². The molecule has 0 radical (unpaired) electrons. The lowest BCUT2D eigenvalue weighted by molar-refractivity contribution is -0.136. The molecule has 0 aliphatic carbocycles. The van der Waals surface area contributed by atoms with Gasteiger partial charge in [0.05, 0.1) is 0 Å². The van der Waals surface area contributed by atoms with Crippen LogP contribution >= 0.6 is 0 Å². The van der Waals surface area contributed by atoms with Crippen molar-refractivity contribution >= 4 is 5.97 Å². The number of hydrogen-bond acceptors (Lipinski definition) is 1. The highest BCUT2D eigenvalue weighted by Crippen LogP contribution is 2.00. The zero-order valence-corrected chi connectivity index (χ0v) is 11.5. The largest absolute Gasteiger partial charge is 0.481 e. The molecule has 0 spiro atoms. The van der Waals surface area contributed by atoms with Crippen molar-refractivity contribution in [3.63, 3.8) is 0 Å². The summed E-state index contributed by atoms with van der Waals surface area (Å²) in [7, 11) is 0. The number of carboxylic acid groups (broad SMARTS) is 1. The molecule has 0 aliphatic rings. The Bertz CT molecular complexity index is 275. The van der Waals surface area contributed by atoms with E-state index in [0.29, 0.717) is 6.42 Å². The molecule has 0 aromatic rings. The third kappa shape index (κ3) is 14.7. The van der Waals surface area contributed by atoms with Crippen LogP contribution in [-0.2, 0) is 4.79 Å². The molecule has 0 aromatic carbocycles. The van der Waals surface area contributed by atoms with Crippen molar-refractivity contribution in [1.29, 1.82) is 0 Å². The van der Waals surface area contributed by atoms with Crippen LogP contribution in [0, 0.1) is 0 Å². The van der Waals surface area contributed by atoms with Crippen molar-refractivity contribution in [3.05, 3.63) is 36.5 Å². The molecule has 0 heterocycles. The maximum Gasteiger partial charge on any atom is 0.303 e. The Morgan fingerprint density at radius 2 is 1.44 bits per heavy atom. The van der Waals surface area contributed by atoms with Gasteiger partial charge < -0.3 is 5.11 Å². The number of rotatable bonds is 11. The highest BCUT2D eigenvalue weighted by atomic mass is 16.4. The van der Waals surface area contributed by atoms with Gasteiger partial charge in [0.15, 0.2) is 0 Å². The molecule has 1 N–H and O–H groups in total. The quantitative estimate of drug-likeness (QED) is 0.419. The van der Waals surface area contributed by atoms with E-state index in [1.54, 1.807) is 0 Å². The van der Waals surface area contributed by atoms with E-state index in [1.165, 1.54) is 25.7 Å². The van der Waals surface area contributed by atoms with E-state index >= 15 is 0 Å². The van der Waals surface area contributed by atoms with E-state index < -0.39 is 5.97 Å². The van der Waals surface area contributed by atoms with Gasteiger partial charge in [-0.15, -0.1) is 0 Å². The Hall–Kier alpha value is -1.31. The molecule has 0 rings (SSSR count). The number of carbonyl (C=O) groups is 1. The number of unbranched alkanes of at least 4 members (excludes halogenated alkanes) is 3. The molecule has 0 bridgehead atoms. The maximum absolute atomic E-state index is 10.2. The van der Waals surface area contributed by atoms with Crippen LogP contribution in [0.4, 0.5) is 0 Å². The van der Waals surface area contributed by atoms with Gasteiger partial charge in [0.25, 0.3) is 0 Å². The molecule has 0 atom stereocenters. The van der Waals surface area contributed by atoms with Gasteiger partial charge in [-0.25, -0.2) is 0 Å². The molecule has 0 aromatic heterocycles. The molecule has 2 heteroatoms. The van der Waals surface area contributed by atoms with Crippen molar-refractivity contribution in [2.45, 2.75) is 58.3 Å². The third-order valence-corrected chi connectivity index (χ3v) is 2.54. The van der Waals surface area contributed by atoms with Crippen LogP contribution in [0.25, 0.3) is 0 Å². The van der Waals surface area contributed by atoms with Gasteiger partial charge in [0.2, 0.25) is 0 Å². The summed E-state index contributed by atoms with van der Waals surface area (Å²) in [6.45, 7) is 2.22. The van der Waals surface area contributed by atoms with E-state index in [-0.39, 0.29) is 6.42 Å². The van der Waals surface area contributed by atoms with Crippen LogP contribution in [0.5, 0.6) is 0 Å². The van der Waals surface area contributed by atoms with Gasteiger partial charge in [-0.05, 0) is 32.1 Å². The average molecular weight is 250 g/mol. The molecule has 2 nitrogen and oxygen atoms in total. The molecule has 0 aliphatic heterocycles. The number of aliphatic carboxylic acids is 1. The maximum atomic E-state index is 10.2. The smallest absolute Gasteiger partial charge is 0.303 e. The molecule has 0 fully saturated rings. The summed E-state index contributed by atoms with van der Waals surface area (Å²) < 4.78 is 0. The zero-order valence-electron chi connectivity index (χ0n) is 11.5. The van der Waals surface area contributed by atoms with Gasteiger partial charge in [-0.3, -0.25) is 4.79 Å². The number of hydrogen-bond donors (Lipinski definition) is 1. The van der Waals surface area contributed by atoms with E-state index in [4.69, 9.17) is 5.11 Å². The summed E-state index contributed by atoms with van der Waals surface area (Å²) in [5, 5.41) is 8.44. The van der Waals surface area contributed by atoms with Crippen LogP contribution in [0.1, 0.15) is 58.3 Å². The minimum atomic E-state index is -0.733. The first kappa shape index (κ1) is 16.7. The summed E-state index contributed by atoms with van der Waals surface area (Å²) in [5.74, 6) is -0.733. The zero-order chi connectivity index (χ0) is 13.5. The van der Waals surface area contributed by atoms with Gasteiger partial charge in [-0.1, -0.05) is 56.2 Å². The SMILES string of the molecule is CCCCC/C=C\C/C=C\C/C=C\CCC(=O)O. The van der Waals surface area contributed by atoms with E-state index in [9.17, 15) is 4.79 Å². The highest BCUT2D eigenvalue weighted by Gasteiger charge is 1.90. The lowest BCUT2D eigenvalue weighted by Gasteiger charge is -1.90. The Morgan fingerprint density at radius 1 is 0.889 bits per heavy atom. The molecule has 0 amide bonds. The van der Waals surface area contributed by atoms with E-state index in [1.807, 2.05) is 12.2 Å². The van der Waals surface area contributed by atoms with Crippen molar-refractivity contribution < 1.29 is 9.90 Å². The third-order valence-electron chi connectivity index (χ3n) is 2.54. The second-order valence-electron chi connectivity index (χ2n) is 4.31. The minimum absolute atomic E-state index is 0.223.